The summed E-state index contributed by atoms with van der Waals surface area (Å²) in [5.74, 6) is 0.216. The fourth-order valence-electron chi connectivity index (χ4n) is 3.01. The number of anilines is 1. The highest BCUT2D eigenvalue weighted by molar-refractivity contribution is 6.30. The standard InChI is InChI=1S/C19H20ClF3N6O/c1-10(2)5-14(18(30)27-9-19(21,22)23)28-15-3-4-24-17(29-15)13-8-26-16-12(13)6-11(20)7-25-16/h3-4,6-8,10,13-14H,5,9H2,1-2H3,(H,27,30)(H,24,28,29)/t13?,14-/m1/s1. The molecular formula is C19H20ClF3N6O. The Kier molecular flexibility index (Phi) is 6.55. The molecule has 1 aliphatic rings. The van der Waals surface area contributed by atoms with E-state index >= 15 is 0 Å². The molecule has 0 spiro atoms. The van der Waals surface area contributed by atoms with Crippen molar-refractivity contribution in [2.75, 3.05) is 11.9 Å². The first-order chi connectivity index (χ1) is 14.1. The number of alkyl halides is 3. The Hall–Kier alpha value is -2.75. The van der Waals surface area contributed by atoms with Gasteiger partial charge in [-0.3, -0.25) is 4.79 Å². The Bertz CT molecular complexity index is 950. The summed E-state index contributed by atoms with van der Waals surface area (Å²) in [4.78, 5) is 29.4. The van der Waals surface area contributed by atoms with Crippen LogP contribution in [-0.2, 0) is 4.79 Å². The molecule has 0 radical (unpaired) electrons. The third kappa shape index (κ3) is 5.65. The highest BCUT2D eigenvalue weighted by Crippen LogP contribution is 2.35. The molecule has 0 bridgehead atoms. The zero-order valence-electron chi connectivity index (χ0n) is 16.2. The number of nitrogens with zero attached hydrogens (tertiary/aromatic N) is 4. The third-order valence-electron chi connectivity index (χ3n) is 4.30. The lowest BCUT2D eigenvalue weighted by atomic mass is 10.0. The second kappa shape index (κ2) is 8.95. The van der Waals surface area contributed by atoms with Crippen molar-refractivity contribution in [1.82, 2.24) is 20.3 Å². The summed E-state index contributed by atoms with van der Waals surface area (Å²) in [6.07, 6.45) is 0.499. The summed E-state index contributed by atoms with van der Waals surface area (Å²) in [5, 5.41) is 5.31. The molecule has 0 aromatic carbocycles. The van der Waals surface area contributed by atoms with Gasteiger partial charge in [-0.05, 0) is 24.5 Å². The lowest BCUT2D eigenvalue weighted by molar-refractivity contribution is -0.139. The monoisotopic (exact) mass is 440 g/mol. The number of aromatic nitrogens is 3. The van der Waals surface area contributed by atoms with Crippen LogP contribution in [0.15, 0.2) is 29.5 Å². The van der Waals surface area contributed by atoms with Crippen LogP contribution in [0.25, 0.3) is 0 Å². The van der Waals surface area contributed by atoms with E-state index in [-0.39, 0.29) is 11.8 Å². The number of fused-ring (bicyclic) bond motifs is 1. The van der Waals surface area contributed by atoms with Crippen LogP contribution >= 0.6 is 11.6 Å². The van der Waals surface area contributed by atoms with Crippen LogP contribution < -0.4 is 10.6 Å². The molecule has 2 N–H and O–H groups in total. The zero-order chi connectivity index (χ0) is 21.9. The quantitative estimate of drug-likeness (QED) is 0.681. The fourth-order valence-corrected chi connectivity index (χ4v) is 3.18. The average Bonchev–Trinajstić information content (AvgIpc) is 3.08. The van der Waals surface area contributed by atoms with Crippen molar-refractivity contribution < 1.29 is 18.0 Å². The molecule has 1 unspecified atom stereocenters. The van der Waals surface area contributed by atoms with E-state index in [9.17, 15) is 18.0 Å². The van der Waals surface area contributed by atoms with Gasteiger partial charge in [-0.2, -0.15) is 13.2 Å². The number of halogens is 4. The Morgan fingerprint density at radius 3 is 2.77 bits per heavy atom. The molecule has 3 rings (SSSR count). The molecule has 2 atom stereocenters. The second-order valence-electron chi connectivity index (χ2n) is 7.28. The number of aliphatic imine (C=N–C) groups is 1. The van der Waals surface area contributed by atoms with E-state index in [1.807, 2.05) is 19.2 Å². The van der Waals surface area contributed by atoms with Gasteiger partial charge in [0, 0.05) is 24.2 Å². The topological polar surface area (TPSA) is 92.2 Å². The van der Waals surface area contributed by atoms with Gasteiger partial charge in [0.25, 0.3) is 0 Å². The lowest BCUT2D eigenvalue weighted by Gasteiger charge is -2.21. The normalized spacial score (nSPS) is 16.4. The molecule has 0 saturated carbocycles. The minimum absolute atomic E-state index is 0.0718. The van der Waals surface area contributed by atoms with Gasteiger partial charge >= 0.3 is 6.18 Å². The Morgan fingerprint density at radius 1 is 1.30 bits per heavy atom. The number of hydrogen-bond acceptors (Lipinski definition) is 6. The first-order valence-electron chi connectivity index (χ1n) is 9.26. The van der Waals surface area contributed by atoms with Crippen LogP contribution in [0.4, 0.5) is 24.8 Å². The molecule has 1 aliphatic heterocycles. The van der Waals surface area contributed by atoms with Crippen molar-refractivity contribution in [1.29, 1.82) is 0 Å². The van der Waals surface area contributed by atoms with Crippen LogP contribution in [0.2, 0.25) is 5.02 Å². The van der Waals surface area contributed by atoms with E-state index in [0.29, 0.717) is 28.9 Å². The van der Waals surface area contributed by atoms with E-state index in [4.69, 9.17) is 11.6 Å². The predicted molar refractivity (Wildman–Crippen MR) is 107 cm³/mol. The maximum atomic E-state index is 12.5. The second-order valence-corrected chi connectivity index (χ2v) is 7.72. The van der Waals surface area contributed by atoms with Crippen LogP contribution in [0.5, 0.6) is 0 Å². The zero-order valence-corrected chi connectivity index (χ0v) is 17.0. The van der Waals surface area contributed by atoms with Crippen molar-refractivity contribution in [3.63, 3.8) is 0 Å². The third-order valence-corrected chi connectivity index (χ3v) is 4.51. The van der Waals surface area contributed by atoms with Crippen molar-refractivity contribution in [3.05, 3.63) is 40.9 Å². The molecule has 7 nitrogen and oxygen atoms in total. The van der Waals surface area contributed by atoms with Crippen molar-refractivity contribution in [2.45, 2.75) is 38.4 Å². The minimum Gasteiger partial charge on any atom is -0.358 e. The Morgan fingerprint density at radius 2 is 2.07 bits per heavy atom. The molecule has 160 valence electrons. The predicted octanol–water partition coefficient (Wildman–Crippen LogP) is 3.88. The summed E-state index contributed by atoms with van der Waals surface area (Å²) in [6.45, 7) is 2.36. The summed E-state index contributed by atoms with van der Waals surface area (Å²) < 4.78 is 37.4. The number of rotatable bonds is 7. The maximum absolute atomic E-state index is 12.5. The van der Waals surface area contributed by atoms with E-state index < -0.39 is 24.7 Å². The number of pyridine rings is 1. The minimum atomic E-state index is -4.48. The van der Waals surface area contributed by atoms with E-state index in [1.165, 1.54) is 12.4 Å². The smallest absolute Gasteiger partial charge is 0.358 e. The van der Waals surface area contributed by atoms with Gasteiger partial charge in [0.1, 0.15) is 24.2 Å². The molecule has 30 heavy (non-hydrogen) atoms. The van der Waals surface area contributed by atoms with Gasteiger partial charge in [-0.1, -0.05) is 25.4 Å². The molecule has 11 heteroatoms. The maximum Gasteiger partial charge on any atom is 0.405 e. The first-order valence-corrected chi connectivity index (χ1v) is 9.64. The average molecular weight is 441 g/mol. The molecule has 2 aromatic rings. The molecule has 2 aromatic heterocycles. The summed E-state index contributed by atoms with van der Waals surface area (Å²) >= 11 is 6.03. The van der Waals surface area contributed by atoms with Crippen LogP contribution in [-0.4, -0.2) is 45.8 Å². The highest BCUT2D eigenvalue weighted by atomic mass is 35.5. The Balaban J connectivity index is 1.78. The van der Waals surface area contributed by atoms with Crippen molar-refractivity contribution in [2.24, 2.45) is 10.9 Å². The van der Waals surface area contributed by atoms with Crippen molar-refractivity contribution in [3.8, 4) is 0 Å². The van der Waals surface area contributed by atoms with Gasteiger partial charge in [0.05, 0.1) is 10.9 Å². The molecule has 0 fully saturated rings. The van der Waals surface area contributed by atoms with Gasteiger partial charge in [0.2, 0.25) is 5.91 Å². The van der Waals surface area contributed by atoms with E-state index in [0.717, 1.165) is 5.56 Å². The summed E-state index contributed by atoms with van der Waals surface area (Å²) in [6, 6.07) is 2.41. The van der Waals surface area contributed by atoms with Gasteiger partial charge < -0.3 is 10.6 Å². The highest BCUT2D eigenvalue weighted by Gasteiger charge is 2.30. The van der Waals surface area contributed by atoms with Gasteiger partial charge in [-0.25, -0.2) is 19.9 Å². The molecule has 0 saturated heterocycles. The van der Waals surface area contributed by atoms with Gasteiger partial charge in [0.15, 0.2) is 5.82 Å². The molecule has 1 amide bonds. The van der Waals surface area contributed by atoms with Gasteiger partial charge in [-0.15, -0.1) is 0 Å². The van der Waals surface area contributed by atoms with Crippen LogP contribution in [0, 0.1) is 5.92 Å². The lowest BCUT2D eigenvalue weighted by Crippen LogP contribution is -2.44. The molecule has 3 heterocycles. The number of amides is 1. The number of nitrogens with one attached hydrogen (secondary N) is 2. The van der Waals surface area contributed by atoms with Crippen LogP contribution in [0.1, 0.15) is 37.6 Å². The van der Waals surface area contributed by atoms with E-state index in [1.54, 1.807) is 18.3 Å². The fraction of sp³-hybridized carbons (Fsp3) is 0.421. The number of carbonyl (C=O) groups is 1. The van der Waals surface area contributed by atoms with Crippen molar-refractivity contribution >= 4 is 35.4 Å². The SMILES string of the molecule is CC(C)C[C@@H](Nc1ccnc(C2C=Nc3ncc(Cl)cc32)n1)C(=O)NCC(F)(F)F. The summed E-state index contributed by atoms with van der Waals surface area (Å²) in [7, 11) is 0. The Labute approximate surface area is 176 Å². The largest absolute Gasteiger partial charge is 0.405 e. The number of hydrogen-bond donors (Lipinski definition) is 2. The molecular weight excluding hydrogens is 421 g/mol. The van der Waals surface area contributed by atoms with Crippen LogP contribution in [0.3, 0.4) is 0 Å². The first kappa shape index (κ1) is 21.9. The summed E-state index contributed by atoms with van der Waals surface area (Å²) in [5.41, 5.74) is 0.751. The number of carbonyl (C=O) groups excluding carboxylic acids is 1. The van der Waals surface area contributed by atoms with E-state index in [2.05, 4.69) is 25.3 Å². The molecule has 0 aliphatic carbocycles.